The molecule has 18 heavy (non-hydrogen) atoms. The highest BCUT2D eigenvalue weighted by molar-refractivity contribution is 7.86. The molecule has 8 heteroatoms. The van der Waals surface area contributed by atoms with Crippen molar-refractivity contribution in [2.75, 3.05) is 13.1 Å². The normalized spacial score (nSPS) is 24.1. The van der Waals surface area contributed by atoms with Crippen molar-refractivity contribution < 1.29 is 13.0 Å². The Hall–Kier alpha value is -1.48. The van der Waals surface area contributed by atoms with Crippen molar-refractivity contribution in [3.05, 3.63) is 23.8 Å². The van der Waals surface area contributed by atoms with Crippen molar-refractivity contribution in [2.24, 2.45) is 16.6 Å². The van der Waals surface area contributed by atoms with Crippen molar-refractivity contribution >= 4 is 21.8 Å². The van der Waals surface area contributed by atoms with Crippen LogP contribution in [0.15, 0.2) is 28.1 Å². The van der Waals surface area contributed by atoms with E-state index in [9.17, 15) is 13.0 Å². The summed E-state index contributed by atoms with van der Waals surface area (Å²) in [5, 5.41) is 0. The maximum atomic E-state index is 11.4. The zero-order valence-corrected chi connectivity index (χ0v) is 10.7. The van der Waals surface area contributed by atoms with E-state index in [0.717, 1.165) is 5.56 Å². The molecule has 1 heterocycles. The number of rotatable bonds is 2. The van der Waals surface area contributed by atoms with Crippen molar-refractivity contribution in [3.63, 3.8) is 0 Å². The van der Waals surface area contributed by atoms with Gasteiger partial charge in [-0.1, -0.05) is 6.07 Å². The largest absolute Gasteiger partial charge is 0.336 e. The van der Waals surface area contributed by atoms with Gasteiger partial charge < -0.3 is 5.73 Å². The van der Waals surface area contributed by atoms with Crippen LogP contribution in [0.3, 0.4) is 0 Å². The van der Waals surface area contributed by atoms with Crippen LogP contribution in [0.1, 0.15) is 5.56 Å². The fourth-order valence-corrected chi connectivity index (χ4v) is 2.69. The lowest BCUT2D eigenvalue weighted by Gasteiger charge is -2.26. The van der Waals surface area contributed by atoms with E-state index in [0.29, 0.717) is 13.1 Å². The Labute approximate surface area is 105 Å². The van der Waals surface area contributed by atoms with E-state index in [1.54, 1.807) is 19.1 Å². The Morgan fingerprint density at radius 3 is 2.61 bits per heavy atom. The molecule has 0 aromatic heterocycles. The molecule has 0 spiro atoms. The third-order valence-corrected chi connectivity index (χ3v) is 3.86. The van der Waals surface area contributed by atoms with Gasteiger partial charge in [-0.25, -0.2) is 4.99 Å². The van der Waals surface area contributed by atoms with Crippen molar-refractivity contribution in [3.8, 4) is 0 Å². The second-order valence-corrected chi connectivity index (χ2v) is 5.67. The number of nitrogens with zero attached hydrogens (tertiary/aromatic N) is 2. The fourth-order valence-electron chi connectivity index (χ4n) is 1.96. The Kier molecular flexibility index (Phi) is 2.90. The van der Waals surface area contributed by atoms with Gasteiger partial charge in [0, 0.05) is 6.07 Å². The van der Waals surface area contributed by atoms with Gasteiger partial charge in [-0.05, 0) is 18.6 Å². The summed E-state index contributed by atoms with van der Waals surface area (Å²) >= 11 is 0. The van der Waals surface area contributed by atoms with Crippen molar-refractivity contribution in [2.45, 2.75) is 11.8 Å². The molecule has 0 fully saturated rings. The van der Waals surface area contributed by atoms with E-state index in [-0.39, 0.29) is 16.5 Å². The van der Waals surface area contributed by atoms with Crippen LogP contribution in [-0.2, 0) is 10.1 Å². The molecule has 1 aliphatic heterocycles. The molecule has 0 radical (unpaired) electrons. The van der Waals surface area contributed by atoms with Crippen LogP contribution in [0, 0.1) is 6.92 Å². The van der Waals surface area contributed by atoms with E-state index in [1.165, 1.54) is 6.07 Å². The van der Waals surface area contributed by atoms with E-state index in [4.69, 9.17) is 11.6 Å². The van der Waals surface area contributed by atoms with Gasteiger partial charge in [0.25, 0.3) is 0 Å². The lowest BCUT2D eigenvalue weighted by atomic mass is 10.2. The molecule has 7 nitrogen and oxygen atoms in total. The molecule has 1 aromatic carbocycles. The maximum Gasteiger partial charge on any atom is 0.320 e. The Morgan fingerprint density at radius 2 is 2.11 bits per heavy atom. The summed E-state index contributed by atoms with van der Waals surface area (Å²) in [6, 6.07) is 4.50. The maximum absolute atomic E-state index is 11.4. The first-order valence-corrected chi connectivity index (χ1v) is 6.75. The lowest BCUT2D eigenvalue weighted by Crippen LogP contribution is -2.62. The quantitative estimate of drug-likeness (QED) is 0.389. The van der Waals surface area contributed by atoms with Gasteiger partial charge in [0.1, 0.15) is 6.54 Å². The highest BCUT2D eigenvalue weighted by Gasteiger charge is 2.40. The van der Waals surface area contributed by atoms with Gasteiger partial charge in [0.05, 0.1) is 6.54 Å². The fraction of sp³-hybridized carbons (Fsp3) is 0.300. The third-order valence-electron chi connectivity index (χ3n) is 2.96. The number of benzene rings is 1. The monoisotopic (exact) mass is 271 g/mol. The van der Waals surface area contributed by atoms with Crippen LogP contribution in [0.5, 0.6) is 0 Å². The second-order valence-electron chi connectivity index (χ2n) is 4.28. The van der Waals surface area contributed by atoms with Crippen LogP contribution in [0.4, 0.5) is 5.69 Å². The summed E-state index contributed by atoms with van der Waals surface area (Å²) in [5.41, 5.74) is 6.78. The average molecular weight is 271 g/mol. The summed E-state index contributed by atoms with van der Waals surface area (Å²) in [7, 11) is -4.36. The molecule has 98 valence electrons. The van der Waals surface area contributed by atoms with Crippen LogP contribution < -0.4 is 16.2 Å². The van der Waals surface area contributed by atoms with Crippen LogP contribution in [0.2, 0.25) is 0 Å². The summed E-state index contributed by atoms with van der Waals surface area (Å²) in [5.74, 6) is 6.23. The highest BCUT2D eigenvalue weighted by atomic mass is 32.2. The molecule has 1 aliphatic rings. The molecule has 0 bridgehead atoms. The molecule has 0 amide bonds. The number of hydrogen-bond acceptors (Lipinski definition) is 5. The smallest absolute Gasteiger partial charge is 0.320 e. The number of quaternary nitrogens is 1. The van der Waals surface area contributed by atoms with Crippen LogP contribution in [-0.4, -0.2) is 32.0 Å². The molecular weight excluding hydrogens is 256 g/mol. The minimum atomic E-state index is -4.36. The minimum absolute atomic E-state index is 0.130. The van der Waals surface area contributed by atoms with E-state index < -0.39 is 14.7 Å². The number of aryl methyl sites for hydroxylation is 1. The Balaban J connectivity index is 2.71. The summed E-state index contributed by atoms with van der Waals surface area (Å²) in [6.45, 7) is 2.58. The molecular formula is C10H15N4O3S+. The molecule has 1 unspecified atom stereocenters. The highest BCUT2D eigenvalue weighted by Crippen LogP contribution is 2.30. The van der Waals surface area contributed by atoms with Gasteiger partial charge in [-0.15, -0.1) is 0 Å². The predicted octanol–water partition coefficient (Wildman–Crippen LogP) is -0.249. The SMILES string of the molecule is Cc1ccc(S(=O)(=O)O)c([N+]2(N)CCN=C2N)c1. The predicted molar refractivity (Wildman–Crippen MR) is 68.3 cm³/mol. The standard InChI is InChI=1S/C10H14N4O3S/c1-7-2-3-9(18(15,16)17)8(6-7)14(12)5-4-13-10(14)11/h2-3,6H,4-5,12H2,1H3,(H2-,11,13,15,16,17)/p+1. The van der Waals surface area contributed by atoms with Gasteiger partial charge in [-0.2, -0.15) is 18.9 Å². The van der Waals surface area contributed by atoms with Crippen LogP contribution in [0.25, 0.3) is 0 Å². The van der Waals surface area contributed by atoms with Crippen molar-refractivity contribution in [1.82, 2.24) is 4.59 Å². The first kappa shape index (κ1) is 13.0. The second kappa shape index (κ2) is 4.02. The molecule has 2 rings (SSSR count). The summed E-state index contributed by atoms with van der Waals surface area (Å²) in [6.07, 6.45) is 0. The van der Waals surface area contributed by atoms with Gasteiger partial charge >= 0.3 is 16.1 Å². The molecule has 5 N–H and O–H groups in total. The first-order valence-electron chi connectivity index (χ1n) is 5.31. The summed E-state index contributed by atoms with van der Waals surface area (Å²) in [4.78, 5) is 3.74. The molecule has 0 aliphatic carbocycles. The van der Waals surface area contributed by atoms with E-state index >= 15 is 0 Å². The third kappa shape index (κ3) is 1.99. The zero-order chi connectivity index (χ0) is 13.6. The van der Waals surface area contributed by atoms with Crippen molar-refractivity contribution in [1.29, 1.82) is 0 Å². The zero-order valence-electron chi connectivity index (χ0n) is 9.87. The number of aliphatic imine (C=N–C) groups is 1. The Morgan fingerprint density at radius 1 is 1.44 bits per heavy atom. The van der Waals surface area contributed by atoms with Gasteiger partial charge in [0.2, 0.25) is 0 Å². The topological polar surface area (TPSA) is 119 Å². The van der Waals surface area contributed by atoms with Gasteiger partial charge in [0.15, 0.2) is 10.6 Å². The first-order chi connectivity index (χ1) is 8.25. The Bertz CT molecular complexity index is 626. The lowest BCUT2D eigenvalue weighted by molar-refractivity contribution is 0.445. The number of guanidine groups is 1. The molecule has 1 atom stereocenters. The average Bonchev–Trinajstić information content (AvgIpc) is 2.58. The number of nitrogens with two attached hydrogens (primary N) is 2. The molecule has 1 aromatic rings. The van der Waals surface area contributed by atoms with E-state index in [1.807, 2.05) is 0 Å². The van der Waals surface area contributed by atoms with E-state index in [2.05, 4.69) is 4.99 Å². The number of hydrogen-bond donors (Lipinski definition) is 3. The summed E-state index contributed by atoms with van der Waals surface area (Å²) < 4.78 is 31.6. The molecule has 0 saturated heterocycles. The minimum Gasteiger partial charge on any atom is -0.336 e. The molecule has 0 saturated carbocycles. The van der Waals surface area contributed by atoms with Crippen LogP contribution >= 0.6 is 0 Å². The van der Waals surface area contributed by atoms with Gasteiger partial charge in [-0.3, -0.25) is 4.55 Å².